The second-order valence-electron chi connectivity index (χ2n) is 8.19. The first-order valence-electron chi connectivity index (χ1n) is 10.6. The molecule has 0 fully saturated rings. The lowest BCUT2D eigenvalue weighted by Crippen LogP contribution is -2.74. The lowest BCUT2D eigenvalue weighted by molar-refractivity contribution is -0.0637. The van der Waals surface area contributed by atoms with Gasteiger partial charge in [0, 0.05) is 12.6 Å². The maximum absolute atomic E-state index is 6.89. The standard InChI is InChI=1S/C20H47N5/c1-8-11-12-14-22-20(21,15-17(4)5)25(23-16-18(6)10-3)24-19(7)13-9-2/h17-19,22-24H,8-16,21H2,1-7H3. The molecule has 0 rings (SSSR count). The van der Waals surface area contributed by atoms with Gasteiger partial charge in [0.15, 0.2) is 5.79 Å². The molecule has 0 spiro atoms. The average Bonchev–Trinajstić information content (AvgIpc) is 2.54. The van der Waals surface area contributed by atoms with Crippen molar-refractivity contribution in [3.8, 4) is 0 Å². The third-order valence-electron chi connectivity index (χ3n) is 4.70. The molecule has 152 valence electrons. The van der Waals surface area contributed by atoms with E-state index in [1.54, 1.807) is 0 Å². The molecule has 0 aromatic carbocycles. The van der Waals surface area contributed by atoms with Crippen molar-refractivity contribution in [3.63, 3.8) is 0 Å². The summed E-state index contributed by atoms with van der Waals surface area (Å²) in [5, 5.41) is 5.71. The van der Waals surface area contributed by atoms with Gasteiger partial charge < -0.3 is 0 Å². The molecule has 5 heteroatoms. The molecule has 0 aliphatic carbocycles. The van der Waals surface area contributed by atoms with Crippen LogP contribution in [0.15, 0.2) is 0 Å². The molecule has 0 bridgehead atoms. The van der Waals surface area contributed by atoms with Gasteiger partial charge >= 0.3 is 0 Å². The van der Waals surface area contributed by atoms with Crippen LogP contribution in [0.1, 0.15) is 93.4 Å². The van der Waals surface area contributed by atoms with E-state index in [0.29, 0.717) is 17.9 Å². The van der Waals surface area contributed by atoms with Crippen molar-refractivity contribution in [3.05, 3.63) is 0 Å². The second-order valence-corrected chi connectivity index (χ2v) is 8.19. The Morgan fingerprint density at radius 1 is 1.00 bits per heavy atom. The third-order valence-corrected chi connectivity index (χ3v) is 4.70. The van der Waals surface area contributed by atoms with E-state index in [4.69, 9.17) is 5.73 Å². The molecule has 0 amide bonds. The summed E-state index contributed by atoms with van der Waals surface area (Å²) in [7, 11) is 0. The van der Waals surface area contributed by atoms with E-state index >= 15 is 0 Å². The Balaban J connectivity index is 5.09. The van der Waals surface area contributed by atoms with Crippen molar-refractivity contribution in [2.75, 3.05) is 13.1 Å². The van der Waals surface area contributed by atoms with Gasteiger partial charge in [0.25, 0.3) is 0 Å². The van der Waals surface area contributed by atoms with E-state index in [-0.39, 0.29) is 0 Å². The van der Waals surface area contributed by atoms with E-state index in [1.807, 2.05) is 0 Å². The Kier molecular flexibility index (Phi) is 13.8. The van der Waals surface area contributed by atoms with Gasteiger partial charge in [-0.25, -0.2) is 10.9 Å². The summed E-state index contributed by atoms with van der Waals surface area (Å²) < 4.78 is 0. The molecule has 0 aromatic rings. The largest absolute Gasteiger partial charge is 0.299 e. The minimum Gasteiger partial charge on any atom is -0.299 e. The van der Waals surface area contributed by atoms with Gasteiger partial charge in [-0.2, -0.15) is 0 Å². The van der Waals surface area contributed by atoms with Crippen LogP contribution < -0.4 is 21.9 Å². The van der Waals surface area contributed by atoms with Gasteiger partial charge in [-0.1, -0.05) is 67.2 Å². The summed E-state index contributed by atoms with van der Waals surface area (Å²) in [5.41, 5.74) is 14.1. The van der Waals surface area contributed by atoms with Crippen molar-refractivity contribution >= 4 is 0 Å². The number of nitrogens with two attached hydrogens (primary N) is 1. The van der Waals surface area contributed by atoms with Crippen LogP contribution in [-0.4, -0.2) is 30.0 Å². The Morgan fingerprint density at radius 3 is 2.20 bits per heavy atom. The van der Waals surface area contributed by atoms with E-state index in [9.17, 15) is 0 Å². The van der Waals surface area contributed by atoms with E-state index in [1.165, 1.54) is 19.3 Å². The molecule has 3 unspecified atom stereocenters. The van der Waals surface area contributed by atoms with Gasteiger partial charge in [0.2, 0.25) is 0 Å². The molecule has 25 heavy (non-hydrogen) atoms. The van der Waals surface area contributed by atoms with Crippen molar-refractivity contribution in [1.29, 1.82) is 0 Å². The molecule has 0 heterocycles. The first-order chi connectivity index (χ1) is 11.8. The first-order valence-corrected chi connectivity index (χ1v) is 10.6. The fraction of sp³-hybridized carbons (Fsp3) is 1.00. The van der Waals surface area contributed by atoms with Gasteiger partial charge in [0.05, 0.1) is 0 Å². The Labute approximate surface area is 157 Å². The highest BCUT2D eigenvalue weighted by atomic mass is 15.8. The minimum absolute atomic E-state index is 0.391. The Morgan fingerprint density at radius 2 is 1.68 bits per heavy atom. The Bertz CT molecular complexity index is 310. The van der Waals surface area contributed by atoms with Crippen LogP contribution >= 0.6 is 0 Å². The maximum Gasteiger partial charge on any atom is 0.150 e. The van der Waals surface area contributed by atoms with E-state index in [0.717, 1.165) is 38.8 Å². The maximum atomic E-state index is 6.89. The van der Waals surface area contributed by atoms with E-state index < -0.39 is 5.79 Å². The average molecular weight is 358 g/mol. The number of nitrogens with zero attached hydrogens (tertiary/aromatic N) is 1. The van der Waals surface area contributed by atoms with Gasteiger partial charge in [0.1, 0.15) is 0 Å². The predicted molar refractivity (Wildman–Crippen MR) is 111 cm³/mol. The van der Waals surface area contributed by atoms with Crippen LogP contribution in [0.25, 0.3) is 0 Å². The summed E-state index contributed by atoms with van der Waals surface area (Å²) in [4.78, 5) is 0. The number of hydrogen-bond donors (Lipinski definition) is 4. The number of hydrogen-bond acceptors (Lipinski definition) is 5. The molecular formula is C20H47N5. The summed E-state index contributed by atoms with van der Waals surface area (Å²) in [6.07, 6.45) is 7.98. The van der Waals surface area contributed by atoms with Crippen LogP contribution in [-0.2, 0) is 0 Å². The fourth-order valence-corrected chi connectivity index (χ4v) is 2.96. The van der Waals surface area contributed by atoms with Gasteiger partial charge in [-0.15, -0.1) is 5.12 Å². The smallest absolute Gasteiger partial charge is 0.150 e. The minimum atomic E-state index is -0.586. The molecule has 0 aromatic heterocycles. The molecule has 5 N–H and O–H groups in total. The van der Waals surface area contributed by atoms with Crippen molar-refractivity contribution in [2.45, 2.75) is 105 Å². The van der Waals surface area contributed by atoms with Crippen LogP contribution in [0.4, 0.5) is 0 Å². The number of rotatable bonds is 16. The van der Waals surface area contributed by atoms with Crippen LogP contribution in [0.2, 0.25) is 0 Å². The normalized spacial score (nSPS) is 17.0. The number of hydrazine groups is 2. The molecule has 5 nitrogen and oxygen atoms in total. The molecular weight excluding hydrogens is 310 g/mol. The Hall–Kier alpha value is -0.200. The molecule has 0 saturated heterocycles. The number of unbranched alkanes of at least 4 members (excludes halogenated alkanes) is 2. The van der Waals surface area contributed by atoms with Crippen molar-refractivity contribution < 1.29 is 0 Å². The van der Waals surface area contributed by atoms with Crippen LogP contribution in [0, 0.1) is 11.8 Å². The topological polar surface area (TPSA) is 65.3 Å². The van der Waals surface area contributed by atoms with Gasteiger partial charge in [-0.05, 0) is 44.6 Å². The highest BCUT2D eigenvalue weighted by Gasteiger charge is 2.34. The quantitative estimate of drug-likeness (QED) is 0.191. The summed E-state index contributed by atoms with van der Waals surface area (Å²) >= 11 is 0. The predicted octanol–water partition coefficient (Wildman–Crippen LogP) is 3.97. The third kappa shape index (κ3) is 11.2. The molecule has 0 saturated carbocycles. The monoisotopic (exact) mass is 357 g/mol. The van der Waals surface area contributed by atoms with Gasteiger partial charge in [-0.3, -0.25) is 11.1 Å². The first kappa shape index (κ1) is 24.8. The van der Waals surface area contributed by atoms with E-state index in [2.05, 4.69) is 69.8 Å². The molecule has 0 aliphatic rings. The zero-order valence-electron chi connectivity index (χ0n) is 18.1. The van der Waals surface area contributed by atoms with Crippen LogP contribution in [0.3, 0.4) is 0 Å². The zero-order valence-corrected chi connectivity index (χ0v) is 18.1. The highest BCUT2D eigenvalue weighted by Crippen LogP contribution is 2.15. The van der Waals surface area contributed by atoms with Crippen molar-refractivity contribution in [2.24, 2.45) is 17.6 Å². The zero-order chi connectivity index (χ0) is 19.3. The summed E-state index contributed by atoms with van der Waals surface area (Å²) in [5.74, 6) is 0.547. The SMILES string of the molecule is CCCCCNC(N)(CC(C)C)N(NCC(C)CC)NC(C)CCC. The summed E-state index contributed by atoms with van der Waals surface area (Å²) in [6.45, 7) is 17.5. The molecule has 3 atom stereocenters. The molecule has 0 aliphatic heterocycles. The second kappa shape index (κ2) is 13.9. The number of nitrogens with one attached hydrogen (secondary N) is 3. The lowest BCUT2D eigenvalue weighted by atomic mass is 10.0. The lowest BCUT2D eigenvalue weighted by Gasteiger charge is -2.44. The van der Waals surface area contributed by atoms with Crippen LogP contribution in [0.5, 0.6) is 0 Å². The fourth-order valence-electron chi connectivity index (χ4n) is 2.96. The highest BCUT2D eigenvalue weighted by molar-refractivity contribution is 4.81. The summed E-state index contributed by atoms with van der Waals surface area (Å²) in [6, 6.07) is 0.391. The molecule has 0 radical (unpaired) electrons. The van der Waals surface area contributed by atoms with Crippen molar-refractivity contribution in [1.82, 2.24) is 21.3 Å².